The summed E-state index contributed by atoms with van der Waals surface area (Å²) >= 11 is 0. The Labute approximate surface area is 182 Å². The minimum Gasteiger partial charge on any atom is -0.495 e. The zero-order valence-electron chi connectivity index (χ0n) is 18.3. The molecule has 1 aromatic carbocycles. The van der Waals surface area contributed by atoms with Crippen LogP contribution in [0.15, 0.2) is 18.2 Å². The van der Waals surface area contributed by atoms with Gasteiger partial charge in [0.25, 0.3) is 5.69 Å². The summed E-state index contributed by atoms with van der Waals surface area (Å²) in [5, 5.41) is 17.0. The number of rotatable bonds is 7. The molecule has 1 heterocycles. The van der Waals surface area contributed by atoms with Gasteiger partial charge in [-0.1, -0.05) is 19.3 Å². The maximum absolute atomic E-state index is 12.9. The SMILES string of the molecule is COc1ccc([N+](=O)[O-])cc1NC(=O)C(C)N1CCCC(C(=O)NC2CCCCC2)C1. The van der Waals surface area contributed by atoms with Crippen LogP contribution < -0.4 is 15.4 Å². The van der Waals surface area contributed by atoms with E-state index in [1.54, 1.807) is 6.92 Å². The molecule has 0 bridgehead atoms. The molecule has 0 aromatic heterocycles. The number of hydrogen-bond donors (Lipinski definition) is 2. The Morgan fingerprint density at radius 2 is 1.94 bits per heavy atom. The van der Waals surface area contributed by atoms with Crippen LogP contribution in [-0.2, 0) is 9.59 Å². The Morgan fingerprint density at radius 3 is 2.61 bits per heavy atom. The van der Waals surface area contributed by atoms with Gasteiger partial charge in [-0.3, -0.25) is 24.6 Å². The zero-order valence-corrected chi connectivity index (χ0v) is 18.3. The van der Waals surface area contributed by atoms with Crippen molar-refractivity contribution in [3.05, 3.63) is 28.3 Å². The van der Waals surface area contributed by atoms with E-state index < -0.39 is 11.0 Å². The summed E-state index contributed by atoms with van der Waals surface area (Å²) in [7, 11) is 1.44. The van der Waals surface area contributed by atoms with Crippen LogP contribution in [0.1, 0.15) is 51.9 Å². The molecule has 2 atom stereocenters. The number of amides is 2. The van der Waals surface area contributed by atoms with Crippen molar-refractivity contribution < 1.29 is 19.2 Å². The van der Waals surface area contributed by atoms with Gasteiger partial charge in [-0.2, -0.15) is 0 Å². The summed E-state index contributed by atoms with van der Waals surface area (Å²) in [5.41, 5.74) is 0.137. The molecule has 2 aliphatic rings. The average Bonchev–Trinajstić information content (AvgIpc) is 2.79. The number of nitrogens with one attached hydrogen (secondary N) is 2. The fourth-order valence-electron chi connectivity index (χ4n) is 4.45. The molecule has 1 saturated carbocycles. The quantitative estimate of drug-likeness (QED) is 0.506. The van der Waals surface area contributed by atoms with Gasteiger partial charge in [-0.15, -0.1) is 0 Å². The first-order valence-electron chi connectivity index (χ1n) is 11.1. The van der Waals surface area contributed by atoms with Gasteiger partial charge >= 0.3 is 0 Å². The number of likely N-dealkylation sites (tertiary alicyclic amines) is 1. The number of nitro groups is 1. The summed E-state index contributed by atoms with van der Waals surface area (Å²) in [6, 6.07) is 3.89. The highest BCUT2D eigenvalue weighted by atomic mass is 16.6. The van der Waals surface area contributed by atoms with Crippen molar-refractivity contribution in [3.63, 3.8) is 0 Å². The lowest BCUT2D eigenvalue weighted by Gasteiger charge is -2.36. The molecular formula is C22H32N4O5. The summed E-state index contributed by atoms with van der Waals surface area (Å²) in [6.07, 6.45) is 7.34. The molecule has 2 amide bonds. The molecule has 2 fully saturated rings. The summed E-state index contributed by atoms with van der Waals surface area (Å²) in [6.45, 7) is 3.05. The highest BCUT2D eigenvalue weighted by Gasteiger charge is 2.32. The fraction of sp³-hybridized carbons (Fsp3) is 0.636. The number of benzene rings is 1. The summed E-state index contributed by atoms with van der Waals surface area (Å²) in [4.78, 5) is 38.2. The maximum Gasteiger partial charge on any atom is 0.271 e. The van der Waals surface area contributed by atoms with Gasteiger partial charge in [0.05, 0.1) is 29.7 Å². The first-order chi connectivity index (χ1) is 14.9. The molecule has 0 radical (unpaired) electrons. The van der Waals surface area contributed by atoms with Crippen LogP contribution in [0.4, 0.5) is 11.4 Å². The minimum absolute atomic E-state index is 0.0876. The summed E-state index contributed by atoms with van der Waals surface area (Å²) in [5.74, 6) is 0.0319. The number of ether oxygens (including phenoxy) is 1. The van der Waals surface area contributed by atoms with Crippen LogP contribution in [0.3, 0.4) is 0 Å². The molecule has 1 saturated heterocycles. The Balaban J connectivity index is 1.60. The van der Waals surface area contributed by atoms with Crippen LogP contribution in [0.5, 0.6) is 5.75 Å². The fourth-order valence-corrected chi connectivity index (χ4v) is 4.45. The highest BCUT2D eigenvalue weighted by molar-refractivity contribution is 5.96. The predicted octanol–water partition coefficient (Wildman–Crippen LogP) is 3.09. The lowest BCUT2D eigenvalue weighted by molar-refractivity contribution is -0.384. The molecule has 3 rings (SSSR count). The first kappa shape index (κ1) is 23.0. The number of carbonyl (C=O) groups excluding carboxylic acids is 2. The largest absolute Gasteiger partial charge is 0.495 e. The van der Waals surface area contributed by atoms with Gasteiger partial charge in [-0.05, 0) is 45.2 Å². The van der Waals surface area contributed by atoms with E-state index in [1.807, 2.05) is 4.90 Å². The van der Waals surface area contributed by atoms with E-state index in [0.717, 1.165) is 32.2 Å². The number of piperidine rings is 1. The molecule has 9 nitrogen and oxygen atoms in total. The normalized spacial score (nSPS) is 21.2. The standard InChI is InChI=1S/C22H32N4O5/c1-15(21(27)24-19-13-18(26(29)30)10-11-20(19)31-2)25-12-6-7-16(14-25)22(28)23-17-8-4-3-5-9-17/h10-11,13,15-17H,3-9,12,14H2,1-2H3,(H,23,28)(H,24,27). The number of carbonyl (C=O) groups is 2. The molecule has 0 spiro atoms. The van der Waals surface area contributed by atoms with Gasteiger partial charge in [0, 0.05) is 24.7 Å². The van der Waals surface area contributed by atoms with Crippen molar-refractivity contribution in [2.75, 3.05) is 25.5 Å². The van der Waals surface area contributed by atoms with E-state index in [9.17, 15) is 19.7 Å². The van der Waals surface area contributed by atoms with Crippen LogP contribution in [0, 0.1) is 16.0 Å². The second-order valence-corrected chi connectivity index (χ2v) is 8.48. The molecule has 2 unspecified atom stereocenters. The van der Waals surface area contributed by atoms with Crippen molar-refractivity contribution in [3.8, 4) is 5.75 Å². The Bertz CT molecular complexity index is 809. The lowest BCUT2D eigenvalue weighted by atomic mass is 9.92. The van der Waals surface area contributed by atoms with Gasteiger partial charge in [0.1, 0.15) is 5.75 Å². The molecule has 2 N–H and O–H groups in total. The molecule has 9 heteroatoms. The van der Waals surface area contributed by atoms with Crippen molar-refractivity contribution >= 4 is 23.2 Å². The number of methoxy groups -OCH3 is 1. The van der Waals surface area contributed by atoms with E-state index in [4.69, 9.17) is 4.74 Å². The van der Waals surface area contributed by atoms with E-state index in [0.29, 0.717) is 12.3 Å². The Hall–Kier alpha value is -2.68. The molecule has 170 valence electrons. The number of anilines is 1. The van der Waals surface area contributed by atoms with Gasteiger partial charge in [-0.25, -0.2) is 0 Å². The predicted molar refractivity (Wildman–Crippen MR) is 117 cm³/mol. The van der Waals surface area contributed by atoms with Crippen LogP contribution in [0.2, 0.25) is 0 Å². The second kappa shape index (κ2) is 10.6. The third-order valence-corrected chi connectivity index (χ3v) is 6.35. The number of non-ortho nitro benzene ring substituents is 1. The minimum atomic E-state index is -0.515. The van der Waals surface area contributed by atoms with E-state index in [2.05, 4.69) is 10.6 Å². The van der Waals surface area contributed by atoms with E-state index in [-0.39, 0.29) is 35.1 Å². The average molecular weight is 433 g/mol. The third-order valence-electron chi connectivity index (χ3n) is 6.35. The molecule has 1 aliphatic carbocycles. The first-order valence-corrected chi connectivity index (χ1v) is 11.1. The van der Waals surface area contributed by atoms with E-state index in [1.165, 1.54) is 44.6 Å². The van der Waals surface area contributed by atoms with Crippen molar-refractivity contribution in [1.29, 1.82) is 0 Å². The topological polar surface area (TPSA) is 114 Å². The van der Waals surface area contributed by atoms with E-state index >= 15 is 0 Å². The van der Waals surface area contributed by atoms with Gasteiger partial charge < -0.3 is 15.4 Å². The molecule has 31 heavy (non-hydrogen) atoms. The van der Waals surface area contributed by atoms with Crippen LogP contribution in [-0.4, -0.2) is 53.9 Å². The lowest BCUT2D eigenvalue weighted by Crippen LogP contribution is -2.51. The molecular weight excluding hydrogens is 400 g/mol. The number of hydrogen-bond acceptors (Lipinski definition) is 6. The van der Waals surface area contributed by atoms with Crippen molar-refractivity contribution in [2.24, 2.45) is 5.92 Å². The highest BCUT2D eigenvalue weighted by Crippen LogP contribution is 2.29. The molecule has 1 aromatic rings. The monoisotopic (exact) mass is 432 g/mol. The number of nitrogens with zero attached hydrogens (tertiary/aromatic N) is 2. The van der Waals surface area contributed by atoms with Gasteiger partial charge in [0.15, 0.2) is 0 Å². The second-order valence-electron chi connectivity index (χ2n) is 8.48. The molecule has 1 aliphatic heterocycles. The van der Waals surface area contributed by atoms with Crippen LogP contribution >= 0.6 is 0 Å². The zero-order chi connectivity index (χ0) is 22.4. The summed E-state index contributed by atoms with van der Waals surface area (Å²) < 4.78 is 5.22. The smallest absolute Gasteiger partial charge is 0.271 e. The Kier molecular flexibility index (Phi) is 7.84. The van der Waals surface area contributed by atoms with Crippen molar-refractivity contribution in [2.45, 2.75) is 64.0 Å². The van der Waals surface area contributed by atoms with Crippen LogP contribution in [0.25, 0.3) is 0 Å². The number of nitro benzene ring substituents is 1. The van der Waals surface area contributed by atoms with Gasteiger partial charge in [0.2, 0.25) is 11.8 Å². The Morgan fingerprint density at radius 1 is 1.19 bits per heavy atom. The van der Waals surface area contributed by atoms with Crippen molar-refractivity contribution in [1.82, 2.24) is 10.2 Å². The maximum atomic E-state index is 12.9. The third kappa shape index (κ3) is 5.94.